The summed E-state index contributed by atoms with van der Waals surface area (Å²) in [4.78, 5) is 8.29. The Morgan fingerprint density at radius 2 is 1.20 bits per heavy atom. The number of azo groups is 2. The van der Waals surface area contributed by atoms with Crippen LogP contribution in [0.15, 0.2) is 163 Å². The number of aromatic nitrogens is 2. The van der Waals surface area contributed by atoms with E-state index in [9.17, 15) is 44.2 Å². The lowest BCUT2D eigenvalue weighted by Gasteiger charge is -2.16. The summed E-state index contributed by atoms with van der Waals surface area (Å²) < 4.78 is 100. The zero-order valence-corrected chi connectivity index (χ0v) is 35.9. The molecule has 0 aliphatic rings. The molecule has 0 saturated carbocycles. The van der Waals surface area contributed by atoms with E-state index in [2.05, 4.69) is 42.1 Å². The van der Waals surface area contributed by atoms with Crippen molar-refractivity contribution in [1.29, 1.82) is 5.26 Å². The van der Waals surface area contributed by atoms with Gasteiger partial charge in [-0.15, -0.1) is 20.5 Å². The molecule has 0 unspecified atom stereocenters. The molecule has 0 fully saturated rings. The average Bonchev–Trinajstić information content (AvgIpc) is 3.67. The zero-order chi connectivity index (χ0) is 45.4. The molecule has 0 aliphatic carbocycles. The van der Waals surface area contributed by atoms with Gasteiger partial charge in [0.1, 0.15) is 22.3 Å². The third-order valence-corrected chi connectivity index (χ3v) is 13.0. The third kappa shape index (κ3) is 9.35. The van der Waals surface area contributed by atoms with Gasteiger partial charge in [0, 0.05) is 27.9 Å². The van der Waals surface area contributed by atoms with Crippen molar-refractivity contribution in [3.05, 3.63) is 139 Å². The number of nitriles is 1. The molecular formula is C42H29N9O9S4. The lowest BCUT2D eigenvalue weighted by Crippen LogP contribution is -2.05. The fraction of sp³-hybridized carbons (Fsp3) is 0.0238. The molecule has 0 aliphatic heterocycles. The van der Waals surface area contributed by atoms with E-state index in [4.69, 9.17) is 4.98 Å². The average molecular weight is 932 g/mol. The second kappa shape index (κ2) is 17.1. The summed E-state index contributed by atoms with van der Waals surface area (Å²) in [6.45, 7) is 1.58. The van der Waals surface area contributed by atoms with Crippen LogP contribution in [0.1, 0.15) is 11.1 Å². The molecule has 2 aromatic heterocycles. The Morgan fingerprint density at radius 1 is 0.609 bits per heavy atom. The van der Waals surface area contributed by atoms with Crippen LogP contribution in [-0.4, -0.2) is 48.9 Å². The third-order valence-electron chi connectivity index (χ3n) is 9.56. The predicted molar refractivity (Wildman–Crippen MR) is 240 cm³/mol. The van der Waals surface area contributed by atoms with Gasteiger partial charge in [0.05, 0.1) is 21.0 Å². The molecule has 0 atom stereocenters. The number of hydrogen-bond acceptors (Lipinski definition) is 16. The summed E-state index contributed by atoms with van der Waals surface area (Å²) >= 11 is 0.990. The normalized spacial score (nSPS) is 12.3. The Kier molecular flexibility index (Phi) is 11.5. The van der Waals surface area contributed by atoms with E-state index in [1.165, 1.54) is 30.3 Å². The van der Waals surface area contributed by atoms with Crippen LogP contribution in [0, 0.1) is 18.3 Å². The maximum atomic E-state index is 12.4. The predicted octanol–water partition coefficient (Wildman–Crippen LogP) is 10.7. The Bertz CT molecular complexity index is 3610. The van der Waals surface area contributed by atoms with Gasteiger partial charge in [-0.1, -0.05) is 72.0 Å². The highest BCUT2D eigenvalue weighted by Gasteiger charge is 2.21. The molecule has 5 N–H and O–H groups in total. The van der Waals surface area contributed by atoms with E-state index in [-0.39, 0.29) is 59.0 Å². The molecule has 0 amide bonds. The van der Waals surface area contributed by atoms with Crippen LogP contribution in [-0.2, 0) is 30.4 Å². The molecule has 0 bridgehead atoms. The van der Waals surface area contributed by atoms with Crippen LogP contribution < -0.4 is 10.6 Å². The molecule has 0 saturated heterocycles. The Labute approximate surface area is 368 Å². The van der Waals surface area contributed by atoms with Gasteiger partial charge in [-0.25, -0.2) is 9.97 Å². The van der Waals surface area contributed by atoms with Gasteiger partial charge in [0.15, 0.2) is 16.6 Å². The van der Waals surface area contributed by atoms with E-state index in [0.717, 1.165) is 46.4 Å². The monoisotopic (exact) mass is 931 g/mol. The van der Waals surface area contributed by atoms with Gasteiger partial charge in [-0.05, 0) is 89.8 Å². The minimum atomic E-state index is -4.64. The van der Waals surface area contributed by atoms with Crippen LogP contribution in [0.3, 0.4) is 0 Å². The van der Waals surface area contributed by atoms with E-state index < -0.39 is 30.4 Å². The minimum Gasteiger partial charge on any atom is -0.339 e. The van der Waals surface area contributed by atoms with Gasteiger partial charge in [-0.3, -0.25) is 13.7 Å². The largest absolute Gasteiger partial charge is 0.339 e. The van der Waals surface area contributed by atoms with E-state index in [1.54, 1.807) is 37.3 Å². The van der Waals surface area contributed by atoms with Gasteiger partial charge >= 0.3 is 0 Å². The maximum absolute atomic E-state index is 12.4. The molecule has 0 spiro atoms. The number of hydrogen-bond donors (Lipinski definition) is 5. The number of benzene rings is 6. The molecule has 2 heterocycles. The summed E-state index contributed by atoms with van der Waals surface area (Å²) in [6.07, 6.45) is 0. The van der Waals surface area contributed by atoms with Crippen molar-refractivity contribution in [2.24, 2.45) is 20.5 Å². The van der Waals surface area contributed by atoms with Gasteiger partial charge in [-0.2, -0.15) is 30.5 Å². The molecular weight excluding hydrogens is 903 g/mol. The number of rotatable bonds is 12. The Morgan fingerprint density at radius 3 is 1.81 bits per heavy atom. The lowest BCUT2D eigenvalue weighted by molar-refractivity contribution is 0.481. The summed E-state index contributed by atoms with van der Waals surface area (Å²) in [5, 5.41) is 37.1. The smallest absolute Gasteiger partial charge is 0.295 e. The highest BCUT2D eigenvalue weighted by Crippen LogP contribution is 2.43. The standard InChI is InChI=1S/C42H29N9O9S4/c1-24-35(23-43)39(44-29-12-16-32(17-13-29)62(52,53)54)47-40(45-30-14-18-33(19-15-30)63(55,56)57)37(24)49-51-42-46-38(28-11-10-25-6-2-3-7-26(25)20-28)41(61-42)50-48-31-21-27-8-4-5-9-34(27)36(22-31)64(58,59)60/h2-22H,1H3,(H2,44,45,47)(H,52,53,54)(H,55,56,57)(H,58,59,60). The summed E-state index contributed by atoms with van der Waals surface area (Å²) in [5.41, 5.74) is 2.07. The highest BCUT2D eigenvalue weighted by molar-refractivity contribution is 7.86. The molecule has 8 rings (SSSR count). The molecule has 0 radical (unpaired) electrons. The lowest BCUT2D eigenvalue weighted by atomic mass is 10.1. The molecule has 8 aromatic rings. The maximum Gasteiger partial charge on any atom is 0.295 e. The van der Waals surface area contributed by atoms with Crippen molar-refractivity contribution in [3.8, 4) is 17.3 Å². The summed E-state index contributed by atoms with van der Waals surface area (Å²) in [5.74, 6) is 0.0334. The van der Waals surface area contributed by atoms with Crippen molar-refractivity contribution in [2.45, 2.75) is 21.6 Å². The zero-order valence-electron chi connectivity index (χ0n) is 32.7. The van der Waals surface area contributed by atoms with Crippen molar-refractivity contribution in [1.82, 2.24) is 9.97 Å². The second-order valence-corrected chi connectivity index (χ2v) is 19.0. The summed E-state index contributed by atoms with van der Waals surface area (Å²) in [6, 6.07) is 34.9. The fourth-order valence-corrected chi connectivity index (χ4v) is 8.92. The second-order valence-electron chi connectivity index (χ2n) is 13.8. The molecule has 18 nitrogen and oxygen atoms in total. The van der Waals surface area contributed by atoms with E-state index in [0.29, 0.717) is 33.4 Å². The van der Waals surface area contributed by atoms with Crippen molar-refractivity contribution < 1.29 is 38.9 Å². The first kappa shape index (κ1) is 43.3. The highest BCUT2D eigenvalue weighted by atomic mass is 32.2. The fourth-order valence-electron chi connectivity index (χ4n) is 6.49. The van der Waals surface area contributed by atoms with Gasteiger partial charge in [0.25, 0.3) is 30.4 Å². The minimum absolute atomic E-state index is 0.0111. The van der Waals surface area contributed by atoms with Crippen LogP contribution >= 0.6 is 11.3 Å². The van der Waals surface area contributed by atoms with Gasteiger partial charge < -0.3 is 10.6 Å². The first-order valence-electron chi connectivity index (χ1n) is 18.4. The number of anilines is 4. The van der Waals surface area contributed by atoms with Crippen molar-refractivity contribution in [2.75, 3.05) is 10.6 Å². The van der Waals surface area contributed by atoms with Crippen LogP contribution in [0.5, 0.6) is 0 Å². The number of pyridine rings is 1. The number of fused-ring (bicyclic) bond motifs is 2. The number of nitrogens with zero attached hydrogens (tertiary/aromatic N) is 7. The van der Waals surface area contributed by atoms with Gasteiger partial charge in [0.2, 0.25) is 5.13 Å². The van der Waals surface area contributed by atoms with Crippen LogP contribution in [0.25, 0.3) is 32.8 Å². The topological polar surface area (TPSA) is 286 Å². The first-order valence-corrected chi connectivity index (χ1v) is 23.6. The molecule has 320 valence electrons. The number of nitrogens with one attached hydrogen (secondary N) is 2. The molecule has 22 heteroatoms. The molecule has 64 heavy (non-hydrogen) atoms. The SMILES string of the molecule is Cc1c(C#N)c(Nc2ccc(S(=O)(=O)O)cc2)nc(Nc2ccc(S(=O)(=O)O)cc2)c1N=Nc1nc(-c2ccc3ccccc3c2)c(N=Nc2cc(S(=O)(=O)O)c3ccccc3c2)s1. The Balaban J connectivity index is 1.23. The number of thiazole rings is 1. The summed E-state index contributed by atoms with van der Waals surface area (Å²) in [7, 11) is -13.6. The quantitative estimate of drug-likeness (QED) is 0.0563. The first-order chi connectivity index (χ1) is 30.4. The molecule has 6 aromatic carbocycles. The van der Waals surface area contributed by atoms with E-state index in [1.807, 2.05) is 42.5 Å². The van der Waals surface area contributed by atoms with Crippen molar-refractivity contribution in [3.63, 3.8) is 0 Å². The van der Waals surface area contributed by atoms with E-state index >= 15 is 0 Å². The van der Waals surface area contributed by atoms with Crippen molar-refractivity contribution >= 4 is 108 Å². The van der Waals surface area contributed by atoms with Crippen LogP contribution in [0.4, 0.5) is 44.5 Å². The van der Waals surface area contributed by atoms with Crippen LogP contribution in [0.2, 0.25) is 0 Å². The Hall–Kier alpha value is -7.36.